The summed E-state index contributed by atoms with van der Waals surface area (Å²) in [5.74, 6) is -0.620. The standard InChI is InChI=1S/C16H18N2O4S/c1-3-22-13-6-4-11(5-7-13)15-18-12(9-23-15)8-14(19)17-10(2)16(20)21/h4-7,9-10H,3,8H2,1-2H3,(H,17,19)(H,20,21). The van der Waals surface area contributed by atoms with Gasteiger partial charge in [0.05, 0.1) is 18.7 Å². The van der Waals surface area contributed by atoms with Crippen LogP contribution in [0.4, 0.5) is 0 Å². The van der Waals surface area contributed by atoms with Gasteiger partial charge in [0, 0.05) is 10.9 Å². The van der Waals surface area contributed by atoms with Crippen molar-refractivity contribution in [1.82, 2.24) is 10.3 Å². The van der Waals surface area contributed by atoms with Gasteiger partial charge in [-0.2, -0.15) is 0 Å². The number of carbonyl (C=O) groups is 2. The second-order valence-corrected chi connectivity index (χ2v) is 5.76. The molecule has 0 bridgehead atoms. The van der Waals surface area contributed by atoms with Crippen LogP contribution in [0, 0.1) is 0 Å². The van der Waals surface area contributed by atoms with E-state index in [0.29, 0.717) is 12.3 Å². The molecule has 122 valence electrons. The van der Waals surface area contributed by atoms with Crippen molar-refractivity contribution in [2.24, 2.45) is 0 Å². The summed E-state index contributed by atoms with van der Waals surface area (Å²) in [5.41, 5.74) is 1.57. The van der Waals surface area contributed by atoms with Crippen molar-refractivity contribution in [3.63, 3.8) is 0 Å². The van der Waals surface area contributed by atoms with Gasteiger partial charge in [-0.15, -0.1) is 11.3 Å². The summed E-state index contributed by atoms with van der Waals surface area (Å²) in [6, 6.07) is 6.68. The minimum Gasteiger partial charge on any atom is -0.494 e. The number of rotatable bonds is 7. The molecule has 0 saturated heterocycles. The van der Waals surface area contributed by atoms with Crippen LogP contribution in [0.2, 0.25) is 0 Å². The number of aliphatic carboxylic acids is 1. The van der Waals surface area contributed by atoms with Gasteiger partial charge in [0.1, 0.15) is 16.8 Å². The molecule has 0 saturated carbocycles. The SMILES string of the molecule is CCOc1ccc(-c2nc(CC(=O)NC(C)C(=O)O)cs2)cc1. The summed E-state index contributed by atoms with van der Waals surface area (Å²) in [6.45, 7) is 3.97. The quantitative estimate of drug-likeness (QED) is 0.811. The molecule has 23 heavy (non-hydrogen) atoms. The fraction of sp³-hybridized carbons (Fsp3) is 0.312. The number of benzene rings is 1. The first-order valence-corrected chi connectivity index (χ1v) is 8.07. The van der Waals surface area contributed by atoms with Crippen LogP contribution in [-0.4, -0.2) is 34.6 Å². The highest BCUT2D eigenvalue weighted by atomic mass is 32.1. The molecule has 1 aromatic heterocycles. The molecule has 1 atom stereocenters. The highest BCUT2D eigenvalue weighted by Crippen LogP contribution is 2.25. The molecule has 1 unspecified atom stereocenters. The van der Waals surface area contributed by atoms with Crippen molar-refractivity contribution in [2.45, 2.75) is 26.3 Å². The molecule has 0 aliphatic heterocycles. The van der Waals surface area contributed by atoms with Gasteiger partial charge in [0.2, 0.25) is 5.91 Å². The number of carbonyl (C=O) groups excluding carboxylic acids is 1. The fourth-order valence-electron chi connectivity index (χ4n) is 1.90. The Morgan fingerprint density at radius 1 is 1.35 bits per heavy atom. The Bertz CT molecular complexity index is 682. The van der Waals surface area contributed by atoms with Gasteiger partial charge >= 0.3 is 5.97 Å². The zero-order valence-electron chi connectivity index (χ0n) is 12.9. The minimum absolute atomic E-state index is 0.0607. The Balaban J connectivity index is 2.00. The summed E-state index contributed by atoms with van der Waals surface area (Å²) in [7, 11) is 0. The molecule has 6 nitrogen and oxygen atoms in total. The predicted octanol–water partition coefficient (Wildman–Crippen LogP) is 2.34. The number of hydrogen-bond donors (Lipinski definition) is 2. The van der Waals surface area contributed by atoms with E-state index < -0.39 is 12.0 Å². The molecule has 1 aromatic carbocycles. The Labute approximate surface area is 138 Å². The summed E-state index contributed by atoms with van der Waals surface area (Å²) < 4.78 is 5.39. The summed E-state index contributed by atoms with van der Waals surface area (Å²) in [4.78, 5) is 26.9. The van der Waals surface area contributed by atoms with Gasteiger partial charge in [-0.3, -0.25) is 9.59 Å². The van der Waals surface area contributed by atoms with Gasteiger partial charge in [0.15, 0.2) is 0 Å². The van der Waals surface area contributed by atoms with Crippen LogP contribution >= 0.6 is 11.3 Å². The zero-order chi connectivity index (χ0) is 16.8. The van der Waals surface area contributed by atoms with Gasteiger partial charge in [0.25, 0.3) is 0 Å². The first-order valence-electron chi connectivity index (χ1n) is 7.19. The molecule has 0 fully saturated rings. The molecule has 1 amide bonds. The maximum Gasteiger partial charge on any atom is 0.325 e. The lowest BCUT2D eigenvalue weighted by Gasteiger charge is -2.07. The fourth-order valence-corrected chi connectivity index (χ4v) is 2.73. The van der Waals surface area contributed by atoms with Gasteiger partial charge in [-0.1, -0.05) is 0 Å². The van der Waals surface area contributed by atoms with E-state index in [2.05, 4.69) is 10.3 Å². The molecule has 2 N–H and O–H groups in total. The molecule has 0 spiro atoms. The molecular formula is C16H18N2O4S. The Morgan fingerprint density at radius 2 is 2.04 bits per heavy atom. The largest absolute Gasteiger partial charge is 0.494 e. The van der Waals surface area contributed by atoms with Crippen molar-refractivity contribution in [1.29, 1.82) is 0 Å². The van der Waals surface area contributed by atoms with E-state index in [0.717, 1.165) is 16.3 Å². The molecule has 2 rings (SSSR count). The molecule has 0 radical (unpaired) electrons. The maximum absolute atomic E-state index is 11.8. The van der Waals surface area contributed by atoms with Crippen LogP contribution in [0.15, 0.2) is 29.6 Å². The number of thiazole rings is 1. The number of carboxylic acids is 1. The van der Waals surface area contributed by atoms with Crippen LogP contribution in [0.1, 0.15) is 19.5 Å². The number of ether oxygens (including phenoxy) is 1. The molecule has 2 aromatic rings. The third kappa shape index (κ3) is 4.79. The molecule has 0 aliphatic rings. The number of nitrogens with one attached hydrogen (secondary N) is 1. The van der Waals surface area contributed by atoms with Crippen molar-refractivity contribution >= 4 is 23.2 Å². The molecule has 1 heterocycles. The van der Waals surface area contributed by atoms with E-state index >= 15 is 0 Å². The summed E-state index contributed by atoms with van der Waals surface area (Å²) in [6.07, 6.45) is 0.0607. The van der Waals surface area contributed by atoms with E-state index in [1.807, 2.05) is 31.2 Å². The zero-order valence-corrected chi connectivity index (χ0v) is 13.7. The monoisotopic (exact) mass is 334 g/mol. The van der Waals surface area contributed by atoms with Crippen LogP contribution in [0.25, 0.3) is 10.6 Å². The number of hydrogen-bond acceptors (Lipinski definition) is 5. The van der Waals surface area contributed by atoms with Crippen molar-refractivity contribution in [2.75, 3.05) is 6.61 Å². The van der Waals surface area contributed by atoms with E-state index in [-0.39, 0.29) is 12.3 Å². The molecule has 0 aliphatic carbocycles. The van der Waals surface area contributed by atoms with E-state index in [9.17, 15) is 9.59 Å². The average molecular weight is 334 g/mol. The number of amides is 1. The van der Waals surface area contributed by atoms with Crippen molar-refractivity contribution in [3.05, 3.63) is 35.3 Å². The number of carboxylic acid groups (broad SMARTS) is 1. The van der Waals surface area contributed by atoms with E-state index in [1.54, 1.807) is 5.38 Å². The Morgan fingerprint density at radius 3 is 2.65 bits per heavy atom. The Hall–Kier alpha value is -2.41. The van der Waals surface area contributed by atoms with E-state index in [1.165, 1.54) is 18.3 Å². The van der Waals surface area contributed by atoms with Crippen LogP contribution < -0.4 is 10.1 Å². The number of aromatic nitrogens is 1. The van der Waals surface area contributed by atoms with Crippen LogP contribution in [0.5, 0.6) is 5.75 Å². The lowest BCUT2D eigenvalue weighted by Crippen LogP contribution is -2.39. The minimum atomic E-state index is -1.06. The first-order chi connectivity index (χ1) is 11.0. The third-order valence-corrected chi connectivity index (χ3v) is 3.99. The van der Waals surface area contributed by atoms with Crippen molar-refractivity contribution in [3.8, 4) is 16.3 Å². The lowest BCUT2D eigenvalue weighted by atomic mass is 10.2. The van der Waals surface area contributed by atoms with Gasteiger partial charge < -0.3 is 15.2 Å². The van der Waals surface area contributed by atoms with Crippen LogP contribution in [0.3, 0.4) is 0 Å². The maximum atomic E-state index is 11.8. The molecule has 7 heteroatoms. The first kappa shape index (κ1) is 17.0. The normalized spacial score (nSPS) is 11.7. The summed E-state index contributed by atoms with van der Waals surface area (Å²) in [5, 5.41) is 13.8. The van der Waals surface area contributed by atoms with Gasteiger partial charge in [-0.25, -0.2) is 4.98 Å². The highest BCUT2D eigenvalue weighted by Gasteiger charge is 2.15. The highest BCUT2D eigenvalue weighted by molar-refractivity contribution is 7.13. The lowest BCUT2D eigenvalue weighted by molar-refractivity contribution is -0.141. The smallest absolute Gasteiger partial charge is 0.325 e. The summed E-state index contributed by atoms with van der Waals surface area (Å²) >= 11 is 1.44. The second-order valence-electron chi connectivity index (χ2n) is 4.91. The topological polar surface area (TPSA) is 88.5 Å². The van der Waals surface area contributed by atoms with Crippen molar-refractivity contribution < 1.29 is 19.4 Å². The third-order valence-electron chi connectivity index (χ3n) is 3.05. The average Bonchev–Trinajstić information content (AvgIpc) is 2.96. The second kappa shape index (κ2) is 7.73. The molecular weight excluding hydrogens is 316 g/mol. The van der Waals surface area contributed by atoms with Crippen LogP contribution in [-0.2, 0) is 16.0 Å². The number of nitrogens with zero attached hydrogens (tertiary/aromatic N) is 1. The Kier molecular flexibility index (Phi) is 5.70. The van der Waals surface area contributed by atoms with E-state index in [4.69, 9.17) is 9.84 Å². The predicted molar refractivity (Wildman–Crippen MR) is 87.7 cm³/mol. The van der Waals surface area contributed by atoms with Gasteiger partial charge in [-0.05, 0) is 38.1 Å².